The standard InChI is InChI=1S/C24H30ClN3O/c25-21-10-6-9-20(17-21)24(19-7-2-1-3-8-19)26-23(29)18-27-13-15-28(16-14-27)22-11-4-5-12-22/h1-3,6-10,17,22,24H,4-5,11-16,18H2,(H,26,29). The van der Waals surface area contributed by atoms with Crippen molar-refractivity contribution in [3.05, 3.63) is 70.7 Å². The molecule has 1 aliphatic carbocycles. The largest absolute Gasteiger partial charge is 0.344 e. The first-order valence-corrected chi connectivity index (χ1v) is 11.1. The van der Waals surface area contributed by atoms with Crippen molar-refractivity contribution in [1.29, 1.82) is 0 Å². The van der Waals surface area contributed by atoms with E-state index in [0.717, 1.165) is 43.3 Å². The third kappa shape index (κ3) is 5.39. The van der Waals surface area contributed by atoms with Gasteiger partial charge in [-0.3, -0.25) is 14.6 Å². The maximum absolute atomic E-state index is 12.9. The number of piperazine rings is 1. The lowest BCUT2D eigenvalue weighted by Crippen LogP contribution is -2.52. The number of halogens is 1. The van der Waals surface area contributed by atoms with Gasteiger partial charge in [0, 0.05) is 37.2 Å². The minimum atomic E-state index is -0.192. The van der Waals surface area contributed by atoms with Gasteiger partial charge in [-0.1, -0.05) is 66.9 Å². The van der Waals surface area contributed by atoms with Crippen LogP contribution in [0.25, 0.3) is 0 Å². The van der Waals surface area contributed by atoms with Crippen molar-refractivity contribution in [2.75, 3.05) is 32.7 Å². The van der Waals surface area contributed by atoms with Gasteiger partial charge in [-0.15, -0.1) is 0 Å². The highest BCUT2D eigenvalue weighted by atomic mass is 35.5. The molecule has 0 bridgehead atoms. The highest BCUT2D eigenvalue weighted by Gasteiger charge is 2.27. The number of hydrogen-bond acceptors (Lipinski definition) is 3. The summed E-state index contributed by atoms with van der Waals surface area (Å²) in [6.45, 7) is 4.54. The molecule has 0 spiro atoms. The van der Waals surface area contributed by atoms with Crippen LogP contribution in [0.5, 0.6) is 0 Å². The predicted octanol–water partition coefficient (Wildman–Crippen LogP) is 4.11. The highest BCUT2D eigenvalue weighted by molar-refractivity contribution is 6.30. The van der Waals surface area contributed by atoms with Gasteiger partial charge in [0.1, 0.15) is 0 Å². The Labute approximate surface area is 178 Å². The quantitative estimate of drug-likeness (QED) is 0.777. The molecular formula is C24H30ClN3O. The van der Waals surface area contributed by atoms with Gasteiger partial charge >= 0.3 is 0 Å². The van der Waals surface area contributed by atoms with E-state index in [0.29, 0.717) is 11.6 Å². The average Bonchev–Trinajstić information content (AvgIpc) is 3.28. The van der Waals surface area contributed by atoms with Gasteiger partial charge in [0.15, 0.2) is 0 Å². The number of rotatable bonds is 6. The summed E-state index contributed by atoms with van der Waals surface area (Å²) in [7, 11) is 0. The lowest BCUT2D eigenvalue weighted by Gasteiger charge is -2.37. The van der Waals surface area contributed by atoms with E-state index in [4.69, 9.17) is 11.6 Å². The molecule has 1 N–H and O–H groups in total. The molecule has 1 saturated heterocycles. The molecule has 1 heterocycles. The zero-order valence-electron chi connectivity index (χ0n) is 16.9. The Bertz CT molecular complexity index is 799. The number of carbonyl (C=O) groups is 1. The molecule has 1 amide bonds. The summed E-state index contributed by atoms with van der Waals surface area (Å²) in [5, 5.41) is 3.92. The molecule has 1 aliphatic heterocycles. The van der Waals surface area contributed by atoms with Crippen molar-refractivity contribution in [2.45, 2.75) is 37.8 Å². The first-order chi connectivity index (χ1) is 14.2. The molecule has 1 atom stereocenters. The molecule has 0 radical (unpaired) electrons. The highest BCUT2D eigenvalue weighted by Crippen LogP contribution is 2.25. The van der Waals surface area contributed by atoms with Gasteiger partial charge in [0.05, 0.1) is 12.6 Å². The minimum absolute atomic E-state index is 0.0631. The zero-order valence-corrected chi connectivity index (χ0v) is 17.7. The van der Waals surface area contributed by atoms with Crippen molar-refractivity contribution in [2.24, 2.45) is 0 Å². The molecule has 2 aromatic rings. The van der Waals surface area contributed by atoms with Gasteiger partial charge in [0.2, 0.25) is 5.91 Å². The van der Waals surface area contributed by atoms with E-state index in [2.05, 4.69) is 15.1 Å². The third-order valence-electron chi connectivity index (χ3n) is 6.24. The van der Waals surface area contributed by atoms with Gasteiger partial charge in [-0.2, -0.15) is 0 Å². The van der Waals surface area contributed by atoms with Crippen LogP contribution in [0.3, 0.4) is 0 Å². The second kappa shape index (κ2) is 9.75. The van der Waals surface area contributed by atoms with Crippen LogP contribution in [0.2, 0.25) is 5.02 Å². The van der Waals surface area contributed by atoms with Crippen molar-refractivity contribution in [1.82, 2.24) is 15.1 Å². The van der Waals surface area contributed by atoms with Crippen molar-refractivity contribution >= 4 is 17.5 Å². The van der Waals surface area contributed by atoms with E-state index < -0.39 is 0 Å². The van der Waals surface area contributed by atoms with Crippen molar-refractivity contribution in [3.8, 4) is 0 Å². The second-order valence-corrected chi connectivity index (χ2v) is 8.65. The molecule has 1 saturated carbocycles. The number of carbonyl (C=O) groups excluding carboxylic acids is 1. The van der Waals surface area contributed by atoms with E-state index in [1.54, 1.807) is 0 Å². The normalized spacial score (nSPS) is 19.9. The lowest BCUT2D eigenvalue weighted by molar-refractivity contribution is -0.123. The van der Waals surface area contributed by atoms with E-state index in [-0.39, 0.29) is 11.9 Å². The monoisotopic (exact) mass is 411 g/mol. The van der Waals surface area contributed by atoms with Gasteiger partial charge in [0.25, 0.3) is 0 Å². The average molecular weight is 412 g/mol. The Morgan fingerprint density at radius 2 is 1.66 bits per heavy atom. The smallest absolute Gasteiger partial charge is 0.234 e. The van der Waals surface area contributed by atoms with Crippen LogP contribution in [-0.4, -0.2) is 54.5 Å². The fourth-order valence-corrected chi connectivity index (χ4v) is 4.86. The van der Waals surface area contributed by atoms with Crippen LogP contribution in [0.1, 0.15) is 42.9 Å². The SMILES string of the molecule is O=C(CN1CCN(C2CCCC2)CC1)NC(c1ccccc1)c1cccc(Cl)c1. The van der Waals surface area contributed by atoms with E-state index in [1.165, 1.54) is 25.7 Å². The zero-order chi connectivity index (χ0) is 20.1. The summed E-state index contributed by atoms with van der Waals surface area (Å²) in [4.78, 5) is 17.8. The van der Waals surface area contributed by atoms with Gasteiger partial charge < -0.3 is 5.32 Å². The summed E-state index contributed by atoms with van der Waals surface area (Å²) in [6.07, 6.45) is 5.44. The Morgan fingerprint density at radius 1 is 0.966 bits per heavy atom. The van der Waals surface area contributed by atoms with E-state index in [9.17, 15) is 4.79 Å². The number of benzene rings is 2. The molecule has 4 nitrogen and oxygen atoms in total. The fraction of sp³-hybridized carbons (Fsp3) is 0.458. The molecule has 4 rings (SSSR count). The molecule has 0 aromatic heterocycles. The van der Waals surface area contributed by atoms with Crippen LogP contribution < -0.4 is 5.32 Å². The Balaban J connectivity index is 1.37. The first kappa shape index (κ1) is 20.4. The van der Waals surface area contributed by atoms with E-state index >= 15 is 0 Å². The van der Waals surface area contributed by atoms with Gasteiger partial charge in [-0.05, 0) is 36.1 Å². The van der Waals surface area contributed by atoms with Crippen molar-refractivity contribution < 1.29 is 4.79 Å². The van der Waals surface area contributed by atoms with Crippen LogP contribution in [0.4, 0.5) is 0 Å². The molecule has 5 heteroatoms. The van der Waals surface area contributed by atoms with Crippen LogP contribution in [-0.2, 0) is 4.79 Å². The molecule has 2 fully saturated rings. The fourth-order valence-electron chi connectivity index (χ4n) is 4.66. The summed E-state index contributed by atoms with van der Waals surface area (Å²) in [6, 6.07) is 18.4. The third-order valence-corrected chi connectivity index (χ3v) is 6.47. The minimum Gasteiger partial charge on any atom is -0.344 e. The molecule has 2 aromatic carbocycles. The first-order valence-electron chi connectivity index (χ1n) is 10.8. The van der Waals surface area contributed by atoms with Crippen LogP contribution in [0.15, 0.2) is 54.6 Å². The number of hydrogen-bond donors (Lipinski definition) is 1. The van der Waals surface area contributed by atoms with Gasteiger partial charge in [-0.25, -0.2) is 0 Å². The van der Waals surface area contributed by atoms with E-state index in [1.807, 2.05) is 54.6 Å². The molecule has 29 heavy (non-hydrogen) atoms. The maximum atomic E-state index is 12.9. The van der Waals surface area contributed by atoms with Crippen molar-refractivity contribution in [3.63, 3.8) is 0 Å². The number of nitrogens with zero attached hydrogens (tertiary/aromatic N) is 2. The predicted molar refractivity (Wildman–Crippen MR) is 118 cm³/mol. The molecular weight excluding hydrogens is 382 g/mol. The Morgan fingerprint density at radius 3 is 2.34 bits per heavy atom. The molecule has 2 aliphatic rings. The van der Waals surface area contributed by atoms with Crippen LogP contribution >= 0.6 is 11.6 Å². The topological polar surface area (TPSA) is 35.6 Å². The summed E-state index contributed by atoms with van der Waals surface area (Å²) in [5.41, 5.74) is 2.07. The Hall–Kier alpha value is -1.88. The summed E-state index contributed by atoms with van der Waals surface area (Å²) >= 11 is 6.21. The Kier molecular flexibility index (Phi) is 6.86. The number of nitrogens with one attached hydrogen (secondary N) is 1. The van der Waals surface area contributed by atoms with Crippen LogP contribution in [0, 0.1) is 0 Å². The lowest BCUT2D eigenvalue weighted by atomic mass is 9.98. The summed E-state index contributed by atoms with van der Waals surface area (Å²) < 4.78 is 0. The number of amides is 1. The molecule has 154 valence electrons. The maximum Gasteiger partial charge on any atom is 0.234 e. The summed E-state index contributed by atoms with van der Waals surface area (Å²) in [5.74, 6) is 0.0631. The second-order valence-electron chi connectivity index (χ2n) is 8.22. The molecule has 1 unspecified atom stereocenters.